The first-order valence-electron chi connectivity index (χ1n) is 3.05. The summed E-state index contributed by atoms with van der Waals surface area (Å²) >= 11 is 0. The van der Waals surface area contributed by atoms with Crippen molar-refractivity contribution in [1.82, 2.24) is 0 Å². The lowest BCUT2D eigenvalue weighted by Gasteiger charge is -1.98. The van der Waals surface area contributed by atoms with Crippen molar-refractivity contribution in [2.45, 2.75) is 27.2 Å². The predicted molar refractivity (Wildman–Crippen MR) is 37.9 cm³/mol. The average Bonchev–Trinajstić information content (AvgIpc) is 1.84. The molecule has 0 aromatic heterocycles. The van der Waals surface area contributed by atoms with Gasteiger partial charge in [-0.3, -0.25) is 4.79 Å². The topological polar surface area (TPSA) is 43.1 Å². The Morgan fingerprint density at radius 1 is 1.44 bits per heavy atom. The molecule has 2 N–H and O–H groups in total. The van der Waals surface area contributed by atoms with Crippen LogP contribution in [0.1, 0.15) is 27.2 Å². The van der Waals surface area contributed by atoms with E-state index >= 15 is 0 Å². The number of ketones is 1. The quantitative estimate of drug-likeness (QED) is 0.567. The first-order chi connectivity index (χ1) is 4.09. The second-order valence-corrected chi connectivity index (χ2v) is 2.06. The molecule has 0 radical (unpaired) electrons. The van der Waals surface area contributed by atoms with Crippen LogP contribution in [-0.4, -0.2) is 5.78 Å². The molecule has 0 bridgehead atoms. The van der Waals surface area contributed by atoms with Crippen LogP contribution in [0.15, 0.2) is 11.3 Å². The summed E-state index contributed by atoms with van der Waals surface area (Å²) in [5.41, 5.74) is 6.87. The Hall–Kier alpha value is -0.790. The van der Waals surface area contributed by atoms with Crippen LogP contribution >= 0.6 is 0 Å². The fourth-order valence-corrected chi connectivity index (χ4v) is 0.491. The summed E-state index contributed by atoms with van der Waals surface area (Å²) in [6.07, 6.45) is 0.755. The van der Waals surface area contributed by atoms with Gasteiger partial charge in [-0.15, -0.1) is 0 Å². The van der Waals surface area contributed by atoms with Crippen LogP contribution in [0, 0.1) is 0 Å². The minimum Gasteiger partial charge on any atom is -0.402 e. The Balaban J connectivity index is 4.28. The van der Waals surface area contributed by atoms with Crippen LogP contribution in [-0.2, 0) is 4.79 Å². The Morgan fingerprint density at radius 2 is 1.89 bits per heavy atom. The number of carbonyl (C=O) groups excluding carboxylic acids is 1. The SMILES string of the molecule is CCC(N)=C(C)C(C)=O. The second-order valence-electron chi connectivity index (χ2n) is 2.06. The molecular formula is C7H13NO. The van der Waals surface area contributed by atoms with Gasteiger partial charge in [0.25, 0.3) is 0 Å². The second kappa shape index (κ2) is 3.28. The number of Topliss-reactive ketones (excluding diaryl/α,β-unsaturated/α-hetero) is 1. The van der Waals surface area contributed by atoms with Crippen molar-refractivity contribution < 1.29 is 4.79 Å². The van der Waals surface area contributed by atoms with Gasteiger partial charge in [0.15, 0.2) is 5.78 Å². The summed E-state index contributed by atoms with van der Waals surface area (Å²) in [7, 11) is 0. The normalized spacial score (nSPS) is 12.8. The maximum Gasteiger partial charge on any atom is 0.157 e. The molecule has 2 nitrogen and oxygen atoms in total. The molecule has 0 aromatic carbocycles. The van der Waals surface area contributed by atoms with E-state index < -0.39 is 0 Å². The third-order valence-electron chi connectivity index (χ3n) is 1.39. The van der Waals surface area contributed by atoms with E-state index in [1.54, 1.807) is 6.92 Å². The molecule has 0 heterocycles. The van der Waals surface area contributed by atoms with Crippen LogP contribution in [0.3, 0.4) is 0 Å². The zero-order valence-electron chi connectivity index (χ0n) is 6.19. The third kappa shape index (κ3) is 2.31. The molecule has 0 amide bonds. The van der Waals surface area contributed by atoms with Crippen LogP contribution in [0.5, 0.6) is 0 Å². The average molecular weight is 127 g/mol. The largest absolute Gasteiger partial charge is 0.402 e. The summed E-state index contributed by atoms with van der Waals surface area (Å²) in [5, 5.41) is 0. The maximum atomic E-state index is 10.6. The van der Waals surface area contributed by atoms with E-state index in [1.165, 1.54) is 6.92 Å². The van der Waals surface area contributed by atoms with Crippen LogP contribution in [0.25, 0.3) is 0 Å². The van der Waals surface area contributed by atoms with Crippen molar-refractivity contribution in [1.29, 1.82) is 0 Å². The molecule has 0 aliphatic heterocycles. The molecule has 0 aliphatic rings. The van der Waals surface area contributed by atoms with Crippen molar-refractivity contribution in [3.63, 3.8) is 0 Å². The Kier molecular flexibility index (Phi) is 2.99. The molecule has 9 heavy (non-hydrogen) atoms. The zero-order valence-corrected chi connectivity index (χ0v) is 6.19. The first-order valence-corrected chi connectivity index (χ1v) is 3.05. The molecule has 52 valence electrons. The lowest BCUT2D eigenvalue weighted by molar-refractivity contribution is -0.113. The van der Waals surface area contributed by atoms with Crippen molar-refractivity contribution in [2.75, 3.05) is 0 Å². The lowest BCUT2D eigenvalue weighted by Crippen LogP contribution is -2.04. The molecule has 0 aromatic rings. The Morgan fingerprint density at radius 3 is 2.00 bits per heavy atom. The van der Waals surface area contributed by atoms with Gasteiger partial charge in [-0.1, -0.05) is 6.92 Å². The number of allylic oxidation sites excluding steroid dienone is 2. The maximum absolute atomic E-state index is 10.6. The molecule has 0 saturated carbocycles. The molecule has 0 spiro atoms. The summed E-state index contributed by atoms with van der Waals surface area (Å²) in [5.74, 6) is 0.0642. The molecule has 0 aliphatic carbocycles. The van der Waals surface area contributed by atoms with Gasteiger partial charge in [-0.25, -0.2) is 0 Å². The van der Waals surface area contributed by atoms with Gasteiger partial charge in [-0.2, -0.15) is 0 Å². The highest BCUT2D eigenvalue weighted by Crippen LogP contribution is 2.01. The van der Waals surface area contributed by atoms with Gasteiger partial charge in [0.1, 0.15) is 0 Å². The van der Waals surface area contributed by atoms with Crippen LogP contribution in [0.2, 0.25) is 0 Å². The molecule has 2 heteroatoms. The molecule has 0 unspecified atom stereocenters. The number of hydrogen-bond donors (Lipinski definition) is 1. The van der Waals surface area contributed by atoms with Gasteiger partial charge in [0, 0.05) is 11.3 Å². The highest BCUT2D eigenvalue weighted by Gasteiger charge is 1.99. The minimum atomic E-state index is 0.0642. The highest BCUT2D eigenvalue weighted by atomic mass is 16.1. The molecule has 0 saturated heterocycles. The Bertz CT molecular complexity index is 147. The third-order valence-corrected chi connectivity index (χ3v) is 1.39. The Labute approximate surface area is 55.7 Å². The van der Waals surface area contributed by atoms with Gasteiger partial charge >= 0.3 is 0 Å². The van der Waals surface area contributed by atoms with Crippen molar-refractivity contribution in [3.05, 3.63) is 11.3 Å². The van der Waals surface area contributed by atoms with E-state index in [0.717, 1.165) is 6.42 Å². The van der Waals surface area contributed by atoms with Crippen LogP contribution < -0.4 is 5.73 Å². The van der Waals surface area contributed by atoms with Crippen molar-refractivity contribution >= 4 is 5.78 Å². The van der Waals surface area contributed by atoms with Crippen molar-refractivity contribution in [2.24, 2.45) is 5.73 Å². The molecular weight excluding hydrogens is 114 g/mol. The van der Waals surface area contributed by atoms with Gasteiger partial charge in [0.05, 0.1) is 0 Å². The van der Waals surface area contributed by atoms with Crippen LogP contribution in [0.4, 0.5) is 0 Å². The van der Waals surface area contributed by atoms with E-state index in [1.807, 2.05) is 6.92 Å². The monoisotopic (exact) mass is 127 g/mol. The van der Waals surface area contributed by atoms with Gasteiger partial charge in [0.2, 0.25) is 0 Å². The summed E-state index contributed by atoms with van der Waals surface area (Å²) < 4.78 is 0. The molecule has 0 rings (SSSR count). The first kappa shape index (κ1) is 8.21. The van der Waals surface area contributed by atoms with Gasteiger partial charge < -0.3 is 5.73 Å². The van der Waals surface area contributed by atoms with E-state index in [0.29, 0.717) is 11.3 Å². The predicted octanol–water partition coefficient (Wildman–Crippen LogP) is 1.22. The van der Waals surface area contributed by atoms with E-state index in [4.69, 9.17) is 5.73 Å². The number of hydrogen-bond acceptors (Lipinski definition) is 2. The van der Waals surface area contributed by atoms with Gasteiger partial charge in [-0.05, 0) is 20.3 Å². The smallest absolute Gasteiger partial charge is 0.157 e. The van der Waals surface area contributed by atoms with E-state index in [9.17, 15) is 4.79 Å². The fraction of sp³-hybridized carbons (Fsp3) is 0.571. The lowest BCUT2D eigenvalue weighted by atomic mass is 10.1. The number of carbonyl (C=O) groups is 1. The van der Waals surface area contributed by atoms with E-state index in [-0.39, 0.29) is 5.78 Å². The number of nitrogens with two attached hydrogens (primary N) is 1. The summed E-state index contributed by atoms with van der Waals surface area (Å²) in [6.45, 7) is 5.21. The highest BCUT2D eigenvalue weighted by molar-refractivity contribution is 5.93. The number of rotatable bonds is 2. The van der Waals surface area contributed by atoms with Crippen molar-refractivity contribution in [3.8, 4) is 0 Å². The summed E-state index contributed by atoms with van der Waals surface area (Å²) in [6, 6.07) is 0. The molecule has 0 atom stereocenters. The minimum absolute atomic E-state index is 0.0642. The standard InChI is InChI=1S/C7H13NO/c1-4-7(8)5(2)6(3)9/h4,8H2,1-3H3. The zero-order chi connectivity index (χ0) is 7.44. The fourth-order valence-electron chi connectivity index (χ4n) is 0.491. The molecule has 0 fully saturated rings. The summed E-state index contributed by atoms with van der Waals surface area (Å²) in [4.78, 5) is 10.6. The van der Waals surface area contributed by atoms with E-state index in [2.05, 4.69) is 0 Å².